The lowest BCUT2D eigenvalue weighted by Crippen LogP contribution is -2.31. The molecule has 1 saturated carbocycles. The van der Waals surface area contributed by atoms with Crippen LogP contribution in [0.1, 0.15) is 38.1 Å². The molecular weight excluding hydrogens is 376 g/mol. The Morgan fingerprint density at radius 2 is 1.67 bits per heavy atom. The average molecular weight is 398 g/mol. The summed E-state index contributed by atoms with van der Waals surface area (Å²) in [5.41, 5.74) is 3.94. The minimum Gasteiger partial charge on any atom is -0.297 e. The fourth-order valence-electron chi connectivity index (χ4n) is 4.23. The molecule has 1 aliphatic carbocycles. The Kier molecular flexibility index (Phi) is 4.75. The van der Waals surface area contributed by atoms with E-state index in [9.17, 15) is 9.59 Å². The van der Waals surface area contributed by atoms with Crippen LogP contribution in [0.2, 0.25) is 0 Å². The first kappa shape index (κ1) is 18.5. The molecule has 1 fully saturated rings. The molecule has 6 heteroatoms. The van der Waals surface area contributed by atoms with Crippen molar-refractivity contribution in [3.8, 4) is 22.5 Å². The molecular formula is C24H22N4O2. The van der Waals surface area contributed by atoms with E-state index in [1.165, 1.54) is 10.7 Å². The van der Waals surface area contributed by atoms with Crippen LogP contribution in [0.4, 0.5) is 0 Å². The minimum absolute atomic E-state index is 0.0994. The second-order valence-corrected chi connectivity index (χ2v) is 7.70. The zero-order chi connectivity index (χ0) is 20.5. The van der Waals surface area contributed by atoms with Gasteiger partial charge in [-0.3, -0.25) is 9.59 Å². The number of nitrogens with zero attached hydrogens (tertiary/aromatic N) is 4. The van der Waals surface area contributed by atoms with Crippen LogP contribution in [-0.2, 0) is 4.79 Å². The monoisotopic (exact) mass is 398 g/mol. The van der Waals surface area contributed by atoms with Gasteiger partial charge in [0.2, 0.25) is 0 Å². The Morgan fingerprint density at radius 1 is 0.833 bits per heavy atom. The van der Waals surface area contributed by atoms with Crippen molar-refractivity contribution < 1.29 is 4.79 Å². The Morgan fingerprint density at radius 3 is 2.53 bits per heavy atom. The minimum atomic E-state index is -0.484. The third-order valence-corrected chi connectivity index (χ3v) is 5.74. The fourth-order valence-corrected chi connectivity index (χ4v) is 4.23. The van der Waals surface area contributed by atoms with E-state index in [1.54, 1.807) is 6.07 Å². The fraction of sp³-hybridized carbons (Fsp3) is 0.250. The van der Waals surface area contributed by atoms with Crippen LogP contribution < -0.4 is 5.56 Å². The number of benzene rings is 1. The Hall–Kier alpha value is -3.54. The molecule has 6 nitrogen and oxygen atoms in total. The van der Waals surface area contributed by atoms with E-state index in [4.69, 9.17) is 10.2 Å². The first-order chi connectivity index (χ1) is 14.7. The molecule has 1 aromatic carbocycles. The van der Waals surface area contributed by atoms with E-state index in [1.807, 2.05) is 59.2 Å². The van der Waals surface area contributed by atoms with E-state index < -0.39 is 6.04 Å². The van der Waals surface area contributed by atoms with Crippen LogP contribution in [-0.4, -0.2) is 25.2 Å². The maximum atomic E-state index is 12.6. The number of ketones is 1. The molecule has 3 aromatic heterocycles. The highest BCUT2D eigenvalue weighted by molar-refractivity contribution is 5.90. The summed E-state index contributed by atoms with van der Waals surface area (Å²) in [6.45, 7) is 0. The van der Waals surface area contributed by atoms with Crippen LogP contribution >= 0.6 is 0 Å². The SMILES string of the molecule is O=C1CCCCCC1n1nc(-c2c(-c3ccccc3)nn3ccccc23)ccc1=O. The first-order valence-electron chi connectivity index (χ1n) is 10.4. The smallest absolute Gasteiger partial charge is 0.267 e. The van der Waals surface area contributed by atoms with Crippen LogP contribution in [0.3, 0.4) is 0 Å². The zero-order valence-corrected chi connectivity index (χ0v) is 16.6. The topological polar surface area (TPSA) is 69.3 Å². The van der Waals surface area contributed by atoms with E-state index in [-0.39, 0.29) is 11.3 Å². The Balaban J connectivity index is 1.71. The van der Waals surface area contributed by atoms with Crippen molar-refractivity contribution in [1.82, 2.24) is 19.4 Å². The lowest BCUT2D eigenvalue weighted by molar-refractivity contribution is -0.122. The number of rotatable bonds is 3. The second kappa shape index (κ2) is 7.71. The molecule has 0 aliphatic heterocycles. The van der Waals surface area contributed by atoms with Gasteiger partial charge in [-0.2, -0.15) is 10.2 Å². The van der Waals surface area contributed by atoms with Gasteiger partial charge in [0, 0.05) is 24.2 Å². The quantitative estimate of drug-likeness (QED) is 0.483. The van der Waals surface area contributed by atoms with Gasteiger partial charge < -0.3 is 0 Å². The van der Waals surface area contributed by atoms with Crippen LogP contribution in [0.5, 0.6) is 0 Å². The first-order valence-corrected chi connectivity index (χ1v) is 10.4. The summed E-state index contributed by atoms with van der Waals surface area (Å²) in [7, 11) is 0. The van der Waals surface area contributed by atoms with Gasteiger partial charge in [-0.05, 0) is 31.0 Å². The molecule has 0 radical (unpaired) electrons. The lowest BCUT2D eigenvalue weighted by Gasteiger charge is -2.16. The number of hydrogen-bond acceptors (Lipinski definition) is 4. The number of fused-ring (bicyclic) bond motifs is 1. The second-order valence-electron chi connectivity index (χ2n) is 7.70. The van der Waals surface area contributed by atoms with Crippen molar-refractivity contribution in [2.45, 2.75) is 38.1 Å². The van der Waals surface area contributed by atoms with Crippen LogP contribution in [0.25, 0.3) is 28.0 Å². The van der Waals surface area contributed by atoms with E-state index in [0.717, 1.165) is 41.6 Å². The normalized spacial score (nSPS) is 17.2. The highest BCUT2D eigenvalue weighted by atomic mass is 16.1. The highest BCUT2D eigenvalue weighted by Gasteiger charge is 2.25. The van der Waals surface area contributed by atoms with Crippen molar-refractivity contribution in [1.29, 1.82) is 0 Å². The summed E-state index contributed by atoms with van der Waals surface area (Å²) >= 11 is 0. The largest absolute Gasteiger partial charge is 0.297 e. The number of Topliss-reactive ketones (excluding diaryl/α,β-unsaturated/α-hetero) is 1. The highest BCUT2D eigenvalue weighted by Crippen LogP contribution is 2.34. The predicted molar refractivity (Wildman–Crippen MR) is 115 cm³/mol. The van der Waals surface area contributed by atoms with Crippen LogP contribution in [0.15, 0.2) is 71.7 Å². The van der Waals surface area contributed by atoms with Crippen molar-refractivity contribution >= 4 is 11.3 Å². The van der Waals surface area contributed by atoms with Crippen molar-refractivity contribution in [3.63, 3.8) is 0 Å². The molecule has 4 aromatic rings. The molecule has 3 heterocycles. The molecule has 0 spiro atoms. The summed E-state index contributed by atoms with van der Waals surface area (Å²) in [4.78, 5) is 25.3. The third kappa shape index (κ3) is 3.24. The number of aromatic nitrogens is 4. The number of carbonyl (C=O) groups excluding carboxylic acids is 1. The van der Waals surface area contributed by atoms with Gasteiger partial charge in [0.15, 0.2) is 5.78 Å². The maximum absolute atomic E-state index is 12.6. The molecule has 1 aliphatic rings. The predicted octanol–water partition coefficient (Wildman–Crippen LogP) is 4.30. The molecule has 1 unspecified atom stereocenters. The molecule has 150 valence electrons. The summed E-state index contributed by atoms with van der Waals surface area (Å²) in [5, 5.41) is 9.47. The van der Waals surface area contributed by atoms with E-state index >= 15 is 0 Å². The summed E-state index contributed by atoms with van der Waals surface area (Å²) in [5.74, 6) is 0.0994. The van der Waals surface area contributed by atoms with E-state index in [0.29, 0.717) is 18.5 Å². The van der Waals surface area contributed by atoms with Gasteiger partial charge >= 0.3 is 0 Å². The number of pyridine rings is 1. The summed E-state index contributed by atoms with van der Waals surface area (Å²) in [6.07, 6.45) is 5.90. The lowest BCUT2D eigenvalue weighted by atomic mass is 10.0. The van der Waals surface area contributed by atoms with Crippen molar-refractivity contribution in [2.24, 2.45) is 0 Å². The molecule has 0 amide bonds. The molecule has 30 heavy (non-hydrogen) atoms. The summed E-state index contributed by atoms with van der Waals surface area (Å²) in [6, 6.07) is 18.6. The molecule has 1 atom stereocenters. The van der Waals surface area contributed by atoms with E-state index in [2.05, 4.69) is 0 Å². The Bertz CT molecular complexity index is 1270. The summed E-state index contributed by atoms with van der Waals surface area (Å²) < 4.78 is 3.22. The molecule has 0 bridgehead atoms. The van der Waals surface area contributed by atoms with Gasteiger partial charge in [0.05, 0.1) is 16.8 Å². The molecule has 0 N–H and O–H groups in total. The van der Waals surface area contributed by atoms with Gasteiger partial charge in [0.25, 0.3) is 5.56 Å². The van der Waals surface area contributed by atoms with Gasteiger partial charge in [-0.15, -0.1) is 0 Å². The standard InChI is InChI=1S/C24H22N4O2/c29-21-13-6-2-5-11-19(21)28-22(30)15-14-18(25-28)23-20-12-7-8-16-27(20)26-24(23)17-9-3-1-4-10-17/h1,3-4,7-10,12,14-16,19H,2,5-6,11,13H2. The van der Waals surface area contributed by atoms with Crippen molar-refractivity contribution in [2.75, 3.05) is 0 Å². The van der Waals surface area contributed by atoms with Gasteiger partial charge in [-0.1, -0.05) is 49.2 Å². The maximum Gasteiger partial charge on any atom is 0.267 e. The average Bonchev–Trinajstić information content (AvgIpc) is 3.04. The van der Waals surface area contributed by atoms with Gasteiger partial charge in [0.1, 0.15) is 11.7 Å². The number of hydrogen-bond donors (Lipinski definition) is 0. The van der Waals surface area contributed by atoms with Crippen molar-refractivity contribution in [3.05, 3.63) is 77.2 Å². The number of carbonyl (C=O) groups is 1. The van der Waals surface area contributed by atoms with Crippen LogP contribution in [0, 0.1) is 0 Å². The van der Waals surface area contributed by atoms with Gasteiger partial charge in [-0.25, -0.2) is 9.20 Å². The molecule has 5 rings (SSSR count). The Labute approximate surface area is 173 Å². The third-order valence-electron chi connectivity index (χ3n) is 5.74. The molecule has 0 saturated heterocycles. The zero-order valence-electron chi connectivity index (χ0n) is 16.6.